The highest BCUT2D eigenvalue weighted by Gasteiger charge is 2.31. The fourth-order valence-corrected chi connectivity index (χ4v) is 3.74. The Balaban J connectivity index is 1.56. The number of aromatic nitrogens is 2. The quantitative estimate of drug-likeness (QED) is 0.602. The van der Waals surface area contributed by atoms with Crippen LogP contribution in [0.1, 0.15) is 30.3 Å². The fraction of sp³-hybridized carbons (Fsp3) is 0.273. The molecular weight excluding hydrogens is 392 g/mol. The standard InChI is InChI=1S/C22H21F2N3O3/c1-29-18-10-4-6-14(20(18)30-22(23)24)11-12-19(28)27-13-5-9-17(27)21-25-15-7-2-3-8-16(15)26-21/h2-4,6-8,10-12,17,22H,5,9,13H2,1H3,(H,25,26). The van der Waals surface area contributed by atoms with Crippen LogP contribution in [0.5, 0.6) is 11.5 Å². The molecule has 1 N–H and O–H groups in total. The number of alkyl halides is 2. The molecule has 0 spiro atoms. The van der Waals surface area contributed by atoms with Crippen molar-refractivity contribution in [1.82, 2.24) is 14.9 Å². The third-order valence-electron chi connectivity index (χ3n) is 5.10. The van der Waals surface area contributed by atoms with Gasteiger partial charge in [0.05, 0.1) is 24.2 Å². The van der Waals surface area contributed by atoms with Gasteiger partial charge in [-0.25, -0.2) is 4.98 Å². The number of methoxy groups -OCH3 is 1. The van der Waals surface area contributed by atoms with Gasteiger partial charge in [0.25, 0.3) is 0 Å². The zero-order chi connectivity index (χ0) is 21.1. The van der Waals surface area contributed by atoms with Crippen LogP contribution in [-0.2, 0) is 4.79 Å². The van der Waals surface area contributed by atoms with Crippen LogP contribution in [0.25, 0.3) is 17.1 Å². The number of carbonyl (C=O) groups excluding carboxylic acids is 1. The van der Waals surface area contributed by atoms with E-state index >= 15 is 0 Å². The monoisotopic (exact) mass is 413 g/mol. The second kappa shape index (κ2) is 8.52. The molecule has 1 aromatic heterocycles. The molecular formula is C22H21F2N3O3. The highest BCUT2D eigenvalue weighted by molar-refractivity contribution is 5.93. The first kappa shape index (κ1) is 19.9. The van der Waals surface area contributed by atoms with Gasteiger partial charge >= 0.3 is 6.61 Å². The topological polar surface area (TPSA) is 67.5 Å². The molecule has 8 heteroatoms. The van der Waals surface area contributed by atoms with E-state index in [0.29, 0.717) is 12.1 Å². The Kier molecular flexibility index (Phi) is 5.65. The fourth-order valence-electron chi connectivity index (χ4n) is 3.74. The number of nitrogens with one attached hydrogen (secondary N) is 1. The van der Waals surface area contributed by atoms with Crippen LogP contribution in [0.4, 0.5) is 8.78 Å². The van der Waals surface area contributed by atoms with Gasteiger partial charge in [0.15, 0.2) is 11.5 Å². The molecule has 0 bridgehead atoms. The largest absolute Gasteiger partial charge is 0.493 e. The molecule has 3 aromatic rings. The first-order valence-corrected chi connectivity index (χ1v) is 9.62. The summed E-state index contributed by atoms with van der Waals surface area (Å²) in [5.74, 6) is 0.600. The normalized spacial score (nSPS) is 16.7. The molecule has 0 aliphatic carbocycles. The van der Waals surface area contributed by atoms with Crippen molar-refractivity contribution in [3.05, 3.63) is 59.9 Å². The van der Waals surface area contributed by atoms with Crippen molar-refractivity contribution in [3.8, 4) is 11.5 Å². The molecule has 0 saturated carbocycles. The molecule has 1 unspecified atom stereocenters. The molecule has 1 amide bonds. The number of fused-ring (bicyclic) bond motifs is 1. The van der Waals surface area contributed by atoms with Crippen molar-refractivity contribution in [2.45, 2.75) is 25.5 Å². The van der Waals surface area contributed by atoms with Gasteiger partial charge in [0.2, 0.25) is 5.91 Å². The van der Waals surface area contributed by atoms with E-state index in [0.717, 1.165) is 29.7 Å². The van der Waals surface area contributed by atoms with Gasteiger partial charge in [-0.15, -0.1) is 0 Å². The Hall–Kier alpha value is -3.42. The molecule has 2 aromatic carbocycles. The van der Waals surface area contributed by atoms with Crippen molar-refractivity contribution in [2.75, 3.05) is 13.7 Å². The molecule has 2 heterocycles. The van der Waals surface area contributed by atoms with Crippen LogP contribution in [-0.4, -0.2) is 41.0 Å². The van der Waals surface area contributed by atoms with Crippen LogP contribution in [0.15, 0.2) is 48.5 Å². The van der Waals surface area contributed by atoms with Crippen LogP contribution in [0.3, 0.4) is 0 Å². The van der Waals surface area contributed by atoms with Crippen molar-refractivity contribution in [2.24, 2.45) is 0 Å². The highest BCUT2D eigenvalue weighted by Crippen LogP contribution is 2.34. The molecule has 156 valence electrons. The highest BCUT2D eigenvalue weighted by atomic mass is 19.3. The summed E-state index contributed by atoms with van der Waals surface area (Å²) in [6.45, 7) is -2.40. The van der Waals surface area contributed by atoms with E-state index in [9.17, 15) is 13.6 Å². The lowest BCUT2D eigenvalue weighted by molar-refractivity contribution is -0.127. The van der Waals surface area contributed by atoms with Crippen molar-refractivity contribution >= 4 is 23.0 Å². The van der Waals surface area contributed by atoms with Gasteiger partial charge in [0, 0.05) is 18.2 Å². The number of benzene rings is 2. The lowest BCUT2D eigenvalue weighted by Crippen LogP contribution is -2.29. The number of carbonyl (C=O) groups is 1. The summed E-state index contributed by atoms with van der Waals surface area (Å²) < 4.78 is 35.3. The minimum atomic E-state index is -3.00. The summed E-state index contributed by atoms with van der Waals surface area (Å²) >= 11 is 0. The van der Waals surface area contributed by atoms with E-state index < -0.39 is 6.61 Å². The zero-order valence-corrected chi connectivity index (χ0v) is 16.3. The predicted molar refractivity (Wildman–Crippen MR) is 108 cm³/mol. The molecule has 1 saturated heterocycles. The summed E-state index contributed by atoms with van der Waals surface area (Å²) in [6.07, 6.45) is 4.50. The molecule has 4 rings (SSSR count). The number of halogens is 2. The molecule has 1 atom stereocenters. The Morgan fingerprint density at radius 2 is 2.10 bits per heavy atom. The van der Waals surface area contributed by atoms with Crippen LogP contribution in [0.2, 0.25) is 0 Å². The SMILES string of the molecule is COc1cccc(C=CC(=O)N2CCCC2c2nc3ccccc3[nH]2)c1OC(F)F. The van der Waals surface area contributed by atoms with Crippen LogP contribution >= 0.6 is 0 Å². The average molecular weight is 413 g/mol. The summed E-state index contributed by atoms with van der Waals surface area (Å²) in [5.41, 5.74) is 2.11. The van der Waals surface area contributed by atoms with E-state index in [1.54, 1.807) is 17.0 Å². The van der Waals surface area contributed by atoms with Crippen LogP contribution in [0, 0.1) is 0 Å². The number of ether oxygens (including phenoxy) is 2. The molecule has 6 nitrogen and oxygen atoms in total. The third kappa shape index (κ3) is 3.98. The Labute approximate surface area is 172 Å². The number of aromatic amines is 1. The molecule has 1 aliphatic heterocycles. The van der Waals surface area contributed by atoms with E-state index in [-0.39, 0.29) is 23.4 Å². The van der Waals surface area contributed by atoms with Gasteiger partial charge in [-0.3, -0.25) is 4.79 Å². The molecule has 0 radical (unpaired) electrons. The maximum Gasteiger partial charge on any atom is 0.387 e. The first-order chi connectivity index (χ1) is 14.6. The number of nitrogens with zero attached hydrogens (tertiary/aromatic N) is 2. The lowest BCUT2D eigenvalue weighted by atomic mass is 10.1. The second-order valence-corrected chi connectivity index (χ2v) is 6.92. The lowest BCUT2D eigenvalue weighted by Gasteiger charge is -2.21. The number of hydrogen-bond acceptors (Lipinski definition) is 4. The predicted octanol–water partition coefficient (Wildman–Crippen LogP) is 4.55. The number of hydrogen-bond donors (Lipinski definition) is 1. The van der Waals surface area contributed by atoms with Gasteiger partial charge in [0.1, 0.15) is 5.82 Å². The van der Waals surface area contributed by atoms with E-state index in [4.69, 9.17) is 4.74 Å². The number of para-hydroxylation sites is 3. The van der Waals surface area contributed by atoms with E-state index in [2.05, 4.69) is 14.7 Å². The number of amides is 1. The maximum absolute atomic E-state index is 12.9. The summed E-state index contributed by atoms with van der Waals surface area (Å²) in [4.78, 5) is 22.5. The van der Waals surface area contributed by atoms with E-state index in [1.165, 1.54) is 25.3 Å². The van der Waals surface area contributed by atoms with E-state index in [1.807, 2.05) is 24.3 Å². The Bertz CT molecular complexity index is 1050. The van der Waals surface area contributed by atoms with Gasteiger partial charge in [-0.05, 0) is 37.1 Å². The Morgan fingerprint density at radius 3 is 2.87 bits per heavy atom. The molecule has 1 aliphatic rings. The zero-order valence-electron chi connectivity index (χ0n) is 16.3. The number of likely N-dealkylation sites (tertiary alicyclic amines) is 1. The number of imidazole rings is 1. The summed E-state index contributed by atoms with van der Waals surface area (Å²) in [5, 5.41) is 0. The van der Waals surface area contributed by atoms with Crippen molar-refractivity contribution in [3.63, 3.8) is 0 Å². The summed E-state index contributed by atoms with van der Waals surface area (Å²) in [7, 11) is 1.37. The molecule has 1 fully saturated rings. The minimum absolute atomic E-state index is 0.102. The Morgan fingerprint density at radius 1 is 1.27 bits per heavy atom. The van der Waals surface area contributed by atoms with Crippen LogP contribution < -0.4 is 9.47 Å². The minimum Gasteiger partial charge on any atom is -0.493 e. The second-order valence-electron chi connectivity index (χ2n) is 6.92. The van der Waals surface area contributed by atoms with Crippen molar-refractivity contribution in [1.29, 1.82) is 0 Å². The smallest absolute Gasteiger partial charge is 0.387 e. The number of rotatable bonds is 6. The van der Waals surface area contributed by atoms with Crippen molar-refractivity contribution < 1.29 is 23.0 Å². The van der Waals surface area contributed by atoms with Gasteiger partial charge in [-0.2, -0.15) is 8.78 Å². The first-order valence-electron chi connectivity index (χ1n) is 9.62. The van der Waals surface area contributed by atoms with Gasteiger partial charge in [-0.1, -0.05) is 24.3 Å². The number of H-pyrrole nitrogens is 1. The average Bonchev–Trinajstić information content (AvgIpc) is 3.39. The summed E-state index contributed by atoms with van der Waals surface area (Å²) in [6, 6.07) is 12.3. The van der Waals surface area contributed by atoms with Gasteiger partial charge < -0.3 is 19.4 Å². The maximum atomic E-state index is 12.9. The third-order valence-corrected chi connectivity index (χ3v) is 5.10. The molecule has 30 heavy (non-hydrogen) atoms.